The van der Waals surface area contributed by atoms with E-state index in [1.165, 1.54) is 16.7 Å². The second-order valence-corrected chi connectivity index (χ2v) is 6.99. The normalized spacial score (nSPS) is 11.8. The van der Waals surface area contributed by atoms with Gasteiger partial charge in [-0.2, -0.15) is 0 Å². The van der Waals surface area contributed by atoms with Gasteiger partial charge in [0.1, 0.15) is 5.75 Å². The molecule has 0 bridgehead atoms. The lowest BCUT2D eigenvalue weighted by molar-refractivity contribution is 0.458. The van der Waals surface area contributed by atoms with E-state index in [-0.39, 0.29) is 0 Å². The third-order valence-corrected chi connectivity index (χ3v) is 3.36. The second kappa shape index (κ2) is 6.98. The van der Waals surface area contributed by atoms with Crippen molar-refractivity contribution in [3.8, 4) is 5.75 Å². The second-order valence-electron chi connectivity index (χ2n) is 6.99. The summed E-state index contributed by atoms with van der Waals surface area (Å²) in [6, 6.07) is 4.01. The number of aromatic hydroxyl groups is 1. The van der Waals surface area contributed by atoms with Crippen LogP contribution in [0.3, 0.4) is 0 Å². The van der Waals surface area contributed by atoms with Crippen molar-refractivity contribution in [1.82, 2.24) is 0 Å². The zero-order valence-corrected chi connectivity index (χ0v) is 13.5. The maximum atomic E-state index is 10.2. The summed E-state index contributed by atoms with van der Waals surface area (Å²) < 4.78 is 0. The van der Waals surface area contributed by atoms with E-state index in [0.717, 1.165) is 19.3 Å². The van der Waals surface area contributed by atoms with Gasteiger partial charge in [0.05, 0.1) is 0 Å². The summed E-state index contributed by atoms with van der Waals surface area (Å²) in [7, 11) is 0. The molecule has 0 aliphatic rings. The van der Waals surface area contributed by atoms with Crippen LogP contribution in [0.4, 0.5) is 0 Å². The molecule has 0 fully saturated rings. The van der Waals surface area contributed by atoms with Crippen LogP contribution in [0.1, 0.15) is 58.2 Å². The zero-order valence-electron chi connectivity index (χ0n) is 13.5. The predicted octanol–water partition coefficient (Wildman–Crippen LogP) is 4.99. The molecule has 0 unspecified atom stereocenters. The van der Waals surface area contributed by atoms with Crippen molar-refractivity contribution >= 4 is 0 Å². The molecule has 1 aromatic carbocycles. The summed E-state index contributed by atoms with van der Waals surface area (Å²) in [6.45, 7) is 13.5. The van der Waals surface area contributed by atoms with E-state index in [1.54, 1.807) is 0 Å². The number of hydrogen-bond donors (Lipinski definition) is 1. The molecule has 0 aliphatic carbocycles. The summed E-state index contributed by atoms with van der Waals surface area (Å²) in [5.41, 5.74) is 4.01. The smallest absolute Gasteiger partial charge is 0.119 e. The maximum Gasteiger partial charge on any atom is 0.119 e. The fraction of sp³-hybridized carbons (Fsp3) is 0.667. The number of hydrogen-bond acceptors (Lipinski definition) is 1. The molecule has 0 saturated heterocycles. The van der Waals surface area contributed by atoms with Crippen LogP contribution in [-0.4, -0.2) is 5.11 Å². The Morgan fingerprint density at radius 3 is 1.68 bits per heavy atom. The van der Waals surface area contributed by atoms with Crippen molar-refractivity contribution in [3.05, 3.63) is 28.8 Å². The van der Waals surface area contributed by atoms with Gasteiger partial charge in [-0.1, -0.05) is 47.6 Å². The monoisotopic (exact) mass is 262 g/mol. The van der Waals surface area contributed by atoms with Crippen LogP contribution < -0.4 is 0 Å². The molecule has 1 aromatic rings. The first-order chi connectivity index (χ1) is 8.81. The van der Waals surface area contributed by atoms with Crippen LogP contribution in [0.5, 0.6) is 5.75 Å². The Hall–Kier alpha value is -0.980. The van der Waals surface area contributed by atoms with Crippen LogP contribution >= 0.6 is 0 Å². The Morgan fingerprint density at radius 1 is 0.737 bits per heavy atom. The molecule has 108 valence electrons. The van der Waals surface area contributed by atoms with E-state index in [4.69, 9.17) is 0 Å². The highest BCUT2D eigenvalue weighted by Crippen LogP contribution is 2.30. The minimum absolute atomic E-state index is 0.483. The average Bonchev–Trinajstić information content (AvgIpc) is 2.25. The van der Waals surface area contributed by atoms with E-state index in [1.807, 2.05) is 6.07 Å². The molecule has 1 N–H and O–H groups in total. The van der Waals surface area contributed by atoms with Crippen molar-refractivity contribution in [3.63, 3.8) is 0 Å². The van der Waals surface area contributed by atoms with Gasteiger partial charge in [0, 0.05) is 0 Å². The highest BCUT2D eigenvalue weighted by atomic mass is 16.3. The van der Waals surface area contributed by atoms with Gasteiger partial charge >= 0.3 is 0 Å². The largest absolute Gasteiger partial charge is 0.508 e. The molecule has 1 nitrogen and oxygen atoms in total. The molecule has 0 aliphatic heterocycles. The topological polar surface area (TPSA) is 20.2 Å². The van der Waals surface area contributed by atoms with Crippen LogP contribution in [0.25, 0.3) is 0 Å². The number of rotatable bonds is 6. The molecule has 0 spiro atoms. The average molecular weight is 262 g/mol. The van der Waals surface area contributed by atoms with E-state index in [2.05, 4.69) is 47.6 Å². The fourth-order valence-corrected chi connectivity index (χ4v) is 2.66. The first-order valence-electron chi connectivity index (χ1n) is 7.63. The van der Waals surface area contributed by atoms with Gasteiger partial charge in [-0.3, -0.25) is 0 Å². The van der Waals surface area contributed by atoms with Crippen molar-refractivity contribution in [2.75, 3.05) is 0 Å². The highest BCUT2D eigenvalue weighted by molar-refractivity contribution is 5.45. The molecule has 19 heavy (non-hydrogen) atoms. The molecule has 0 heterocycles. The van der Waals surface area contributed by atoms with Gasteiger partial charge < -0.3 is 5.11 Å². The van der Waals surface area contributed by atoms with Crippen molar-refractivity contribution in [1.29, 1.82) is 0 Å². The summed E-state index contributed by atoms with van der Waals surface area (Å²) in [4.78, 5) is 0. The maximum absolute atomic E-state index is 10.2. The minimum Gasteiger partial charge on any atom is -0.508 e. The predicted molar refractivity (Wildman–Crippen MR) is 83.7 cm³/mol. The quantitative estimate of drug-likeness (QED) is 0.766. The Balaban J connectivity index is 3.23. The highest BCUT2D eigenvalue weighted by Gasteiger charge is 2.16. The van der Waals surface area contributed by atoms with Crippen LogP contribution in [0, 0.1) is 17.8 Å². The van der Waals surface area contributed by atoms with Gasteiger partial charge in [0.15, 0.2) is 0 Å². The standard InChI is InChI=1S/C18H30O/c1-12(2)9-15-7-8-18(19)17(11-14(5)6)16(15)10-13(3)4/h7-8,12-14,19H,9-11H2,1-6H3. The fourth-order valence-electron chi connectivity index (χ4n) is 2.66. The lowest BCUT2D eigenvalue weighted by Crippen LogP contribution is -2.09. The summed E-state index contributed by atoms with van der Waals surface area (Å²) >= 11 is 0. The molecule has 0 saturated carbocycles. The molecular formula is C18H30O. The van der Waals surface area contributed by atoms with Gasteiger partial charge in [-0.15, -0.1) is 0 Å². The van der Waals surface area contributed by atoms with Crippen molar-refractivity contribution < 1.29 is 5.11 Å². The number of phenolic OH excluding ortho intramolecular Hbond substituents is 1. The first kappa shape index (κ1) is 16.1. The minimum atomic E-state index is 0.483. The Morgan fingerprint density at radius 2 is 1.21 bits per heavy atom. The Bertz CT molecular complexity index is 402. The third kappa shape index (κ3) is 4.89. The summed E-state index contributed by atoms with van der Waals surface area (Å²) in [5, 5.41) is 10.2. The number of phenols is 1. The summed E-state index contributed by atoms with van der Waals surface area (Å²) in [5.74, 6) is 2.34. The summed E-state index contributed by atoms with van der Waals surface area (Å²) in [6.07, 6.45) is 3.14. The Labute approximate surface area is 119 Å². The van der Waals surface area contributed by atoms with Gasteiger partial charge in [0.2, 0.25) is 0 Å². The Kier molecular flexibility index (Phi) is 5.90. The van der Waals surface area contributed by atoms with Gasteiger partial charge in [0.25, 0.3) is 0 Å². The molecule has 1 heteroatoms. The van der Waals surface area contributed by atoms with Crippen LogP contribution in [0.2, 0.25) is 0 Å². The lowest BCUT2D eigenvalue weighted by Gasteiger charge is -2.20. The number of benzene rings is 1. The first-order valence-corrected chi connectivity index (χ1v) is 7.63. The molecular weight excluding hydrogens is 232 g/mol. The van der Waals surface area contributed by atoms with E-state index >= 15 is 0 Å². The van der Waals surface area contributed by atoms with E-state index in [9.17, 15) is 5.11 Å². The SMILES string of the molecule is CC(C)Cc1ccc(O)c(CC(C)C)c1CC(C)C. The molecule has 0 amide bonds. The van der Waals surface area contributed by atoms with Gasteiger partial charge in [-0.05, 0) is 59.8 Å². The molecule has 0 aromatic heterocycles. The van der Waals surface area contributed by atoms with Crippen LogP contribution in [-0.2, 0) is 19.3 Å². The van der Waals surface area contributed by atoms with Crippen molar-refractivity contribution in [2.24, 2.45) is 17.8 Å². The molecule has 0 radical (unpaired) electrons. The zero-order chi connectivity index (χ0) is 14.6. The van der Waals surface area contributed by atoms with E-state index in [0.29, 0.717) is 23.5 Å². The molecule has 1 rings (SSSR count). The van der Waals surface area contributed by atoms with Crippen molar-refractivity contribution in [2.45, 2.75) is 60.8 Å². The van der Waals surface area contributed by atoms with Crippen LogP contribution in [0.15, 0.2) is 12.1 Å². The van der Waals surface area contributed by atoms with Gasteiger partial charge in [-0.25, -0.2) is 0 Å². The molecule has 0 atom stereocenters. The van der Waals surface area contributed by atoms with E-state index < -0.39 is 0 Å². The lowest BCUT2D eigenvalue weighted by atomic mass is 9.86. The third-order valence-electron chi connectivity index (χ3n) is 3.36.